The molecule has 0 aliphatic carbocycles. The van der Waals surface area contributed by atoms with Crippen molar-refractivity contribution in [2.45, 2.75) is 83.2 Å². The first-order valence-corrected chi connectivity index (χ1v) is 21.8. The second kappa shape index (κ2) is 15.7. The number of benzene rings is 2. The summed E-state index contributed by atoms with van der Waals surface area (Å²) in [6.07, 6.45) is 8.88. The molecule has 2 aromatic carbocycles. The van der Waals surface area contributed by atoms with E-state index >= 15 is 0 Å². The molecular formula is C38H46ClI2N5O3. The number of carbonyl (C=O) groups is 2. The van der Waals surface area contributed by atoms with E-state index in [2.05, 4.69) is 67.7 Å². The van der Waals surface area contributed by atoms with Gasteiger partial charge >= 0.3 is 5.69 Å². The van der Waals surface area contributed by atoms with Gasteiger partial charge in [0.1, 0.15) is 0 Å². The lowest BCUT2D eigenvalue weighted by Crippen LogP contribution is -2.50. The number of aromatic nitrogens is 2. The average molecular weight is 910 g/mol. The number of rotatable bonds is 8. The van der Waals surface area contributed by atoms with Crippen molar-refractivity contribution in [1.29, 1.82) is 0 Å². The number of halogens is 3. The van der Waals surface area contributed by atoms with E-state index in [-0.39, 0.29) is 50.7 Å². The molecule has 1 aromatic heterocycles. The number of nitrogens with one attached hydrogen (secondary N) is 1. The Hall–Kier alpha value is -2.03. The lowest BCUT2D eigenvalue weighted by molar-refractivity contribution is -0.143. The summed E-state index contributed by atoms with van der Waals surface area (Å²) < 4.78 is 6.59. The number of carbonyl (C=O) groups excluding carboxylic acids is 2. The Kier molecular flexibility index (Phi) is 11.3. The van der Waals surface area contributed by atoms with Crippen LogP contribution in [0.15, 0.2) is 41.2 Å². The van der Waals surface area contributed by atoms with Crippen molar-refractivity contribution in [3.63, 3.8) is 0 Å². The topological polar surface area (TPSA) is 81.6 Å². The highest BCUT2D eigenvalue weighted by atomic mass is 127. The predicted molar refractivity (Wildman–Crippen MR) is 214 cm³/mol. The Morgan fingerprint density at radius 2 is 1.65 bits per heavy atom. The van der Waals surface area contributed by atoms with Crippen molar-refractivity contribution in [2.24, 2.45) is 5.92 Å². The van der Waals surface area contributed by atoms with Gasteiger partial charge < -0.3 is 19.7 Å². The molecule has 2 amide bonds. The van der Waals surface area contributed by atoms with Gasteiger partial charge in [-0.15, -0.1) is 0 Å². The van der Waals surface area contributed by atoms with Crippen LogP contribution in [-0.2, 0) is 22.4 Å². The lowest BCUT2D eigenvalue weighted by Gasteiger charge is -2.41. The fourth-order valence-electron chi connectivity index (χ4n) is 8.33. The smallest absolute Gasteiger partial charge is 0.326 e. The minimum atomic E-state index is -0.435. The lowest BCUT2D eigenvalue weighted by atomic mass is 9.91. The van der Waals surface area contributed by atoms with Crippen LogP contribution in [0.25, 0.3) is 11.3 Å². The van der Waals surface area contributed by atoms with Crippen molar-refractivity contribution in [1.82, 2.24) is 24.3 Å². The summed E-state index contributed by atoms with van der Waals surface area (Å²) in [5.74, 6) is -0.310. The molecule has 4 aliphatic rings. The summed E-state index contributed by atoms with van der Waals surface area (Å²) >= 11 is 8.64. The first-order chi connectivity index (χ1) is 23.8. The van der Waals surface area contributed by atoms with Crippen LogP contribution in [0.2, 0.25) is 5.02 Å². The molecule has 8 nitrogen and oxygen atoms in total. The van der Waals surface area contributed by atoms with Crippen LogP contribution in [0.4, 0.5) is 0 Å². The van der Waals surface area contributed by atoms with Crippen molar-refractivity contribution in [3.8, 4) is 11.3 Å². The van der Waals surface area contributed by atoms with Gasteiger partial charge in [0, 0.05) is 57.4 Å². The molecule has 1 atom stereocenters. The SMILES string of the molecule is CCc1cc(C[C@@H](CC(=O)N2CCC(n3c4c([nH]c3=O)-c3ccccc3I=C4)CC2)C(=O)N2CCC(N3CCCCC3)CC2)cc(Cl)c1I. The van der Waals surface area contributed by atoms with Crippen molar-refractivity contribution in [2.75, 3.05) is 39.3 Å². The second-order valence-electron chi connectivity index (χ2n) is 14.0. The van der Waals surface area contributed by atoms with Crippen molar-refractivity contribution in [3.05, 3.63) is 75.9 Å². The molecule has 3 saturated heterocycles. The van der Waals surface area contributed by atoms with E-state index < -0.39 is 5.92 Å². The standard InChI is InChI=1S/C38H46ClI2N5O3/c1-2-26-20-25(22-31(39)35(26)40)21-27(37(48)45-18-10-28(11-19-45)43-14-6-3-7-15-43)23-34(47)44-16-12-29(13-17-44)46-33-24-41-32-9-5-4-8-30(32)36(33)42-38(46)49/h4-5,8-9,20,22,24,27-29H,2-3,6-7,10-19,21,23H2,1H3,(H,42,49)/t27-/m0/s1. The number of hydrogen-bond acceptors (Lipinski definition) is 4. The summed E-state index contributed by atoms with van der Waals surface area (Å²) in [6.45, 7) is 7.14. The molecule has 49 heavy (non-hydrogen) atoms. The number of imidazole rings is 1. The highest BCUT2D eigenvalue weighted by Gasteiger charge is 2.35. The minimum Gasteiger partial charge on any atom is -0.343 e. The van der Waals surface area contributed by atoms with Crippen LogP contribution in [0.1, 0.15) is 81.2 Å². The Morgan fingerprint density at radius 1 is 0.959 bits per heavy atom. The molecule has 0 saturated carbocycles. The third-order valence-corrected chi connectivity index (χ3v) is 15.5. The number of piperidine rings is 3. The van der Waals surface area contributed by atoms with E-state index in [1.54, 1.807) is 0 Å². The fraction of sp³-hybridized carbons (Fsp3) is 0.526. The summed E-state index contributed by atoms with van der Waals surface area (Å²) in [6, 6.07) is 13.1. The normalized spacial score (nSPS) is 19.7. The van der Waals surface area contributed by atoms with E-state index in [9.17, 15) is 14.4 Å². The van der Waals surface area contributed by atoms with Gasteiger partial charge in [-0.1, -0.05) is 69.9 Å². The molecule has 11 heteroatoms. The third-order valence-electron chi connectivity index (χ3n) is 11.0. The van der Waals surface area contributed by atoms with Crippen LogP contribution in [0, 0.1) is 13.1 Å². The number of likely N-dealkylation sites (tertiary alicyclic amines) is 3. The van der Waals surface area contributed by atoms with E-state index in [1.165, 1.54) is 41.5 Å². The average Bonchev–Trinajstić information content (AvgIpc) is 3.49. The molecule has 0 spiro atoms. The minimum absolute atomic E-state index is 0.0297. The third kappa shape index (κ3) is 7.62. The number of hydrogen-bond donors (Lipinski definition) is 1. The molecule has 0 radical (unpaired) electrons. The zero-order valence-corrected chi connectivity index (χ0v) is 33.3. The van der Waals surface area contributed by atoms with Crippen LogP contribution in [-0.4, -0.2) is 85.4 Å². The van der Waals surface area contributed by atoms with Crippen molar-refractivity contribution >= 4 is 70.7 Å². The molecule has 0 bridgehead atoms. The van der Waals surface area contributed by atoms with Gasteiger partial charge in [-0.2, -0.15) is 0 Å². The van der Waals surface area contributed by atoms with Gasteiger partial charge in [0.15, 0.2) is 0 Å². The highest BCUT2D eigenvalue weighted by Crippen LogP contribution is 2.35. The molecule has 7 rings (SSSR count). The van der Waals surface area contributed by atoms with E-state index in [0.717, 1.165) is 71.3 Å². The number of H-pyrrole nitrogens is 1. The first kappa shape index (κ1) is 35.4. The second-order valence-corrected chi connectivity index (χ2v) is 17.9. The number of aryl methyl sites for hydroxylation is 1. The number of nitrogens with zero attached hydrogens (tertiary/aromatic N) is 4. The van der Waals surface area contributed by atoms with Gasteiger partial charge in [0.25, 0.3) is 0 Å². The zero-order valence-electron chi connectivity index (χ0n) is 28.2. The summed E-state index contributed by atoms with van der Waals surface area (Å²) in [4.78, 5) is 51.2. The first-order valence-electron chi connectivity index (χ1n) is 18.0. The van der Waals surface area contributed by atoms with Crippen LogP contribution in [0.5, 0.6) is 0 Å². The summed E-state index contributed by atoms with van der Waals surface area (Å²) in [7, 11) is 0. The Morgan fingerprint density at radius 3 is 2.39 bits per heavy atom. The summed E-state index contributed by atoms with van der Waals surface area (Å²) in [5.41, 5.74) is 5.21. The maximum absolute atomic E-state index is 14.2. The molecule has 3 aromatic rings. The highest BCUT2D eigenvalue weighted by molar-refractivity contribution is 14.2. The number of fused-ring (bicyclic) bond motifs is 3. The molecule has 0 unspecified atom stereocenters. The molecule has 1 N–H and O–H groups in total. The van der Waals surface area contributed by atoms with Crippen LogP contribution < -0.4 is 5.69 Å². The van der Waals surface area contributed by atoms with Gasteiger partial charge in [0.05, 0.1) is 22.3 Å². The molecule has 3 fully saturated rings. The molecular weight excluding hydrogens is 864 g/mol. The van der Waals surface area contributed by atoms with Gasteiger partial charge in [-0.05, 0) is 114 Å². The molecule has 4 aliphatic heterocycles. The van der Waals surface area contributed by atoms with Crippen LogP contribution in [0.3, 0.4) is 0 Å². The van der Waals surface area contributed by atoms with Crippen molar-refractivity contribution < 1.29 is 9.59 Å². The number of aromatic amines is 1. The van der Waals surface area contributed by atoms with Gasteiger partial charge in [-0.3, -0.25) is 14.2 Å². The zero-order chi connectivity index (χ0) is 34.1. The maximum Gasteiger partial charge on any atom is 0.326 e. The monoisotopic (exact) mass is 909 g/mol. The van der Waals surface area contributed by atoms with Crippen LogP contribution >= 0.6 is 54.9 Å². The largest absolute Gasteiger partial charge is 0.343 e. The van der Waals surface area contributed by atoms with Gasteiger partial charge in [-0.25, -0.2) is 4.79 Å². The molecule has 262 valence electrons. The fourth-order valence-corrected chi connectivity index (χ4v) is 11.7. The Labute approximate surface area is 317 Å². The van der Waals surface area contributed by atoms with E-state index in [4.69, 9.17) is 11.6 Å². The summed E-state index contributed by atoms with van der Waals surface area (Å²) in [5, 5.41) is 0.710. The maximum atomic E-state index is 14.2. The quantitative estimate of drug-likeness (QED) is 0.196. The predicted octanol–water partition coefficient (Wildman–Crippen LogP) is 6.86. The number of amides is 2. The Balaban J connectivity index is 1.04. The van der Waals surface area contributed by atoms with E-state index in [1.807, 2.05) is 26.5 Å². The Bertz CT molecular complexity index is 1780. The van der Waals surface area contributed by atoms with E-state index in [0.29, 0.717) is 30.6 Å². The molecule has 5 heterocycles. The van der Waals surface area contributed by atoms with Gasteiger partial charge in [0.2, 0.25) is 11.8 Å².